The van der Waals surface area contributed by atoms with Crippen molar-refractivity contribution in [2.45, 2.75) is 71.6 Å². The van der Waals surface area contributed by atoms with Gasteiger partial charge in [-0.15, -0.1) is 0 Å². The Labute approximate surface area is 327 Å². The maximum absolute atomic E-state index is 14.4. The number of hydrogen-bond donors (Lipinski definition) is 0. The van der Waals surface area contributed by atoms with Gasteiger partial charge in [-0.25, -0.2) is 0 Å². The second-order valence-corrected chi connectivity index (χ2v) is 13.0. The van der Waals surface area contributed by atoms with Crippen molar-refractivity contribution in [3.8, 4) is 28.6 Å². The molecule has 0 saturated carbocycles. The number of para-hydroxylation sites is 1. The third-order valence-corrected chi connectivity index (χ3v) is 8.62. The molecule has 5 aromatic rings. The highest BCUT2D eigenvalue weighted by Gasteiger charge is 2.53. The minimum Gasteiger partial charge on any atom is -0.485 e. The fourth-order valence-electron chi connectivity index (χ4n) is 6.17. The van der Waals surface area contributed by atoms with E-state index in [-0.39, 0.29) is 35.7 Å². The Morgan fingerprint density at radius 1 is 0.614 bits per heavy atom. The molecule has 14 heteroatoms. The Balaban J connectivity index is 1.46. The van der Waals surface area contributed by atoms with Gasteiger partial charge in [0.1, 0.15) is 31.5 Å². The van der Waals surface area contributed by atoms with E-state index in [1.54, 1.807) is 42.5 Å². The van der Waals surface area contributed by atoms with Crippen LogP contribution in [-0.4, -0.2) is 61.2 Å². The molecule has 0 bridgehead atoms. The van der Waals surface area contributed by atoms with Gasteiger partial charge in [-0.1, -0.05) is 72.8 Å². The predicted molar refractivity (Wildman–Crippen MR) is 202 cm³/mol. The first kappa shape index (κ1) is 40.0. The summed E-state index contributed by atoms with van der Waals surface area (Å²) in [4.78, 5) is 63.5. The quantitative estimate of drug-likeness (QED) is 0.0937. The normalized spacial score (nSPS) is 18.8. The van der Waals surface area contributed by atoms with E-state index in [0.29, 0.717) is 17.1 Å². The van der Waals surface area contributed by atoms with Crippen LogP contribution < -0.4 is 19.6 Å². The van der Waals surface area contributed by atoms with E-state index in [9.17, 15) is 24.0 Å². The molecule has 5 atom stereocenters. The maximum atomic E-state index is 14.4. The molecule has 1 saturated heterocycles. The molecule has 0 amide bonds. The Hall–Kier alpha value is -6.67. The summed E-state index contributed by atoms with van der Waals surface area (Å²) < 4.78 is 53.2. The van der Waals surface area contributed by atoms with Gasteiger partial charge in [0.15, 0.2) is 29.5 Å². The number of carbonyl (C=O) groups excluding carboxylic acids is 4. The van der Waals surface area contributed by atoms with Crippen molar-refractivity contribution in [1.29, 1.82) is 0 Å². The zero-order valence-corrected chi connectivity index (χ0v) is 31.5. The molecule has 0 radical (unpaired) electrons. The van der Waals surface area contributed by atoms with Crippen LogP contribution in [0.3, 0.4) is 0 Å². The van der Waals surface area contributed by atoms with Crippen LogP contribution in [0.1, 0.15) is 38.8 Å². The van der Waals surface area contributed by atoms with Crippen LogP contribution in [0.5, 0.6) is 17.2 Å². The van der Waals surface area contributed by atoms with Crippen molar-refractivity contribution in [2.24, 2.45) is 0 Å². The summed E-state index contributed by atoms with van der Waals surface area (Å²) in [6.07, 6.45) is -7.62. The van der Waals surface area contributed by atoms with E-state index in [1.807, 2.05) is 60.7 Å². The van der Waals surface area contributed by atoms with E-state index < -0.39 is 66.6 Å². The third kappa shape index (κ3) is 10.2. The largest absolute Gasteiger partial charge is 0.485 e. The fraction of sp³-hybridized carbons (Fsp3) is 0.279. The predicted octanol–water partition coefficient (Wildman–Crippen LogP) is 6.08. The highest BCUT2D eigenvalue weighted by molar-refractivity contribution is 5.82. The first-order valence-corrected chi connectivity index (χ1v) is 18.0. The molecule has 296 valence electrons. The summed E-state index contributed by atoms with van der Waals surface area (Å²) in [5.74, 6) is -2.87. The number of benzene rings is 4. The summed E-state index contributed by atoms with van der Waals surface area (Å²) in [5.41, 5.74) is 1.74. The van der Waals surface area contributed by atoms with Crippen LogP contribution >= 0.6 is 0 Å². The van der Waals surface area contributed by atoms with E-state index in [2.05, 4.69) is 0 Å². The van der Waals surface area contributed by atoms with Gasteiger partial charge in [-0.3, -0.25) is 24.0 Å². The van der Waals surface area contributed by atoms with Crippen molar-refractivity contribution in [2.75, 3.05) is 6.61 Å². The number of carbonyl (C=O) groups is 4. The molecule has 6 rings (SSSR count). The number of hydrogen-bond acceptors (Lipinski definition) is 14. The molecule has 1 fully saturated rings. The summed E-state index contributed by atoms with van der Waals surface area (Å²) in [5, 5.41) is 0.144. The Morgan fingerprint density at radius 3 is 1.79 bits per heavy atom. The number of esters is 4. The first-order chi connectivity index (χ1) is 27.5. The topological polar surface area (TPSA) is 172 Å². The van der Waals surface area contributed by atoms with Gasteiger partial charge >= 0.3 is 23.9 Å². The van der Waals surface area contributed by atoms with Gasteiger partial charge < -0.3 is 42.3 Å². The minimum absolute atomic E-state index is 0.0641. The van der Waals surface area contributed by atoms with Crippen molar-refractivity contribution >= 4 is 34.8 Å². The lowest BCUT2D eigenvalue weighted by molar-refractivity contribution is -0.288. The second-order valence-electron chi connectivity index (χ2n) is 13.0. The molecule has 0 unspecified atom stereocenters. The molecular weight excluding hydrogens is 740 g/mol. The highest BCUT2D eigenvalue weighted by Crippen LogP contribution is 2.39. The van der Waals surface area contributed by atoms with Crippen LogP contribution in [0.4, 0.5) is 0 Å². The minimum atomic E-state index is -1.71. The lowest BCUT2D eigenvalue weighted by Gasteiger charge is -2.43. The Kier molecular flexibility index (Phi) is 12.9. The van der Waals surface area contributed by atoms with E-state index in [0.717, 1.165) is 38.8 Å². The molecule has 0 spiro atoms. The van der Waals surface area contributed by atoms with Crippen molar-refractivity contribution in [3.63, 3.8) is 0 Å². The van der Waals surface area contributed by atoms with Gasteiger partial charge in [0.2, 0.25) is 23.6 Å². The molecular formula is C43H40O14. The number of fused-ring (bicyclic) bond motifs is 1. The van der Waals surface area contributed by atoms with Gasteiger partial charge in [0.05, 0.1) is 5.39 Å². The molecule has 57 heavy (non-hydrogen) atoms. The van der Waals surface area contributed by atoms with Crippen molar-refractivity contribution < 1.29 is 61.5 Å². The van der Waals surface area contributed by atoms with Gasteiger partial charge in [-0.05, 0) is 41.5 Å². The average Bonchev–Trinajstić information content (AvgIpc) is 3.19. The molecule has 0 N–H and O–H groups in total. The molecule has 1 aliphatic heterocycles. The average molecular weight is 781 g/mol. The van der Waals surface area contributed by atoms with E-state index in [1.165, 1.54) is 0 Å². The summed E-state index contributed by atoms with van der Waals surface area (Å²) in [6.45, 7) is 4.39. The monoisotopic (exact) mass is 780 g/mol. The SMILES string of the molecule is CC(=O)OC[C@H]1O[C@@H](Oc2c(-c3ccc(OCc4ccccc4)c(OCc4ccccc4)c3)oc3ccccc3c2=O)[C@H](OC(C)=O)[C@@H](OC(C)=O)[C@@H]1OC(C)=O. The molecule has 0 aliphatic carbocycles. The maximum Gasteiger partial charge on any atom is 0.303 e. The van der Waals surface area contributed by atoms with E-state index in [4.69, 9.17) is 42.3 Å². The molecule has 1 aromatic heterocycles. The van der Waals surface area contributed by atoms with E-state index >= 15 is 0 Å². The van der Waals surface area contributed by atoms with Crippen molar-refractivity contribution in [3.05, 3.63) is 124 Å². The third-order valence-electron chi connectivity index (χ3n) is 8.62. The Morgan fingerprint density at radius 2 is 1.18 bits per heavy atom. The van der Waals surface area contributed by atoms with Crippen LogP contribution in [-0.2, 0) is 56.1 Å². The van der Waals surface area contributed by atoms with Crippen LogP contribution in [0, 0.1) is 0 Å². The second kappa shape index (κ2) is 18.3. The fourth-order valence-corrected chi connectivity index (χ4v) is 6.17. The van der Waals surface area contributed by atoms with Crippen LogP contribution in [0.2, 0.25) is 0 Å². The van der Waals surface area contributed by atoms with Crippen LogP contribution in [0.25, 0.3) is 22.3 Å². The Bertz CT molecular complexity index is 2270. The number of ether oxygens (including phenoxy) is 8. The van der Waals surface area contributed by atoms with Gasteiger partial charge in [-0.2, -0.15) is 0 Å². The summed E-state index contributed by atoms with van der Waals surface area (Å²) in [6, 6.07) is 30.5. The van der Waals surface area contributed by atoms with Gasteiger partial charge in [0.25, 0.3) is 0 Å². The molecule has 2 heterocycles. The summed E-state index contributed by atoms with van der Waals surface area (Å²) >= 11 is 0. The lowest BCUT2D eigenvalue weighted by Crippen LogP contribution is -2.63. The zero-order chi connectivity index (χ0) is 40.5. The first-order valence-electron chi connectivity index (χ1n) is 18.0. The standard InChI is InChI=1S/C43H40O14/c1-25(44)49-24-36-39(52-26(2)45)41(53-27(3)46)42(54-28(4)47)43(56-36)57-40-37(48)32-17-11-12-18-33(32)55-38(40)31-19-20-34(50-22-29-13-7-5-8-14-29)35(21-31)51-23-30-15-9-6-10-16-30/h5-21,36,39,41-43H,22-24H2,1-4H3/t36-,39-,41+,42-,43+/m1/s1. The molecule has 1 aliphatic rings. The zero-order valence-electron chi connectivity index (χ0n) is 31.5. The van der Waals surface area contributed by atoms with Crippen molar-refractivity contribution in [1.82, 2.24) is 0 Å². The highest BCUT2D eigenvalue weighted by atomic mass is 16.7. The molecule has 14 nitrogen and oxygen atoms in total. The lowest BCUT2D eigenvalue weighted by atomic mass is 9.98. The van der Waals surface area contributed by atoms with Crippen LogP contribution in [0.15, 0.2) is 112 Å². The van der Waals surface area contributed by atoms with Gasteiger partial charge in [0, 0.05) is 33.3 Å². The summed E-state index contributed by atoms with van der Waals surface area (Å²) in [7, 11) is 0. The smallest absolute Gasteiger partial charge is 0.303 e. The number of rotatable bonds is 14. The molecule has 4 aromatic carbocycles.